The van der Waals surface area contributed by atoms with Crippen LogP contribution in [0.5, 0.6) is 0 Å². The van der Waals surface area contributed by atoms with Gasteiger partial charge in [-0.25, -0.2) is 0 Å². The van der Waals surface area contributed by atoms with E-state index < -0.39 is 6.35 Å². The number of rotatable bonds is 4. The Labute approximate surface area is 147 Å². The molecule has 1 aliphatic carbocycles. The van der Waals surface area contributed by atoms with E-state index in [0.717, 1.165) is 37.9 Å². The molecule has 2 heterocycles. The number of aromatic nitrogens is 3. The Hall–Kier alpha value is -1.80. The smallest absolute Gasteiger partial charge is 0.163 e. The quantitative estimate of drug-likeness (QED) is 0.661. The van der Waals surface area contributed by atoms with E-state index in [1.807, 2.05) is 4.90 Å². The predicted octanol–water partition coefficient (Wildman–Crippen LogP) is 0.913. The molecule has 4 rings (SSSR count). The van der Waals surface area contributed by atoms with Crippen molar-refractivity contribution in [2.45, 2.75) is 49.7 Å². The zero-order chi connectivity index (χ0) is 17.3. The molecule has 0 radical (unpaired) electrons. The summed E-state index contributed by atoms with van der Waals surface area (Å²) in [7, 11) is 2.05. The molecule has 7 heteroatoms. The van der Waals surface area contributed by atoms with Crippen LogP contribution >= 0.6 is 0 Å². The number of aromatic amines is 1. The molecule has 1 aliphatic heterocycles. The molecule has 1 saturated heterocycles. The van der Waals surface area contributed by atoms with E-state index >= 15 is 0 Å². The lowest BCUT2D eigenvalue weighted by atomic mass is 9.69. The molecule has 1 aromatic carbocycles. The van der Waals surface area contributed by atoms with Crippen LogP contribution in [0.3, 0.4) is 0 Å². The van der Waals surface area contributed by atoms with Crippen LogP contribution < -0.4 is 10.6 Å². The van der Waals surface area contributed by atoms with Crippen LogP contribution in [0.1, 0.15) is 36.9 Å². The van der Waals surface area contributed by atoms with Crippen LogP contribution in [-0.4, -0.2) is 50.9 Å². The Morgan fingerprint density at radius 2 is 2.00 bits per heavy atom. The fraction of sp³-hybridized carbons (Fsp3) is 0.556. The molecule has 1 aromatic heterocycles. The number of hydrogen-bond donors (Lipinski definition) is 4. The summed E-state index contributed by atoms with van der Waals surface area (Å²) in [5, 5.41) is 28.0. The third-order valence-electron chi connectivity index (χ3n) is 5.98. The summed E-state index contributed by atoms with van der Waals surface area (Å²) >= 11 is 0. The van der Waals surface area contributed by atoms with Crippen molar-refractivity contribution in [1.29, 1.82) is 0 Å². The van der Waals surface area contributed by atoms with Crippen molar-refractivity contribution in [3.8, 4) is 0 Å². The summed E-state index contributed by atoms with van der Waals surface area (Å²) in [6.45, 7) is 1.43. The third-order valence-corrected chi connectivity index (χ3v) is 5.98. The fourth-order valence-electron chi connectivity index (χ4n) is 4.44. The molecule has 25 heavy (non-hydrogen) atoms. The number of aliphatic hydroxyl groups excluding tert-OH is 1. The van der Waals surface area contributed by atoms with E-state index in [1.54, 1.807) is 6.20 Å². The Balaban J connectivity index is 1.46. The first-order chi connectivity index (χ1) is 12.1. The van der Waals surface area contributed by atoms with Crippen molar-refractivity contribution in [1.82, 2.24) is 30.9 Å². The van der Waals surface area contributed by atoms with Gasteiger partial charge in [0, 0.05) is 30.4 Å². The van der Waals surface area contributed by atoms with Gasteiger partial charge in [0.25, 0.3) is 0 Å². The van der Waals surface area contributed by atoms with Crippen LogP contribution in [0.25, 0.3) is 0 Å². The largest absolute Gasteiger partial charge is 0.365 e. The molecule has 1 unspecified atom stereocenters. The van der Waals surface area contributed by atoms with E-state index in [1.165, 1.54) is 5.56 Å². The Morgan fingerprint density at radius 1 is 1.24 bits per heavy atom. The van der Waals surface area contributed by atoms with Gasteiger partial charge in [-0.05, 0) is 38.3 Å². The predicted molar refractivity (Wildman–Crippen MR) is 94.3 cm³/mol. The minimum Gasteiger partial charge on any atom is -0.365 e. The van der Waals surface area contributed by atoms with Crippen molar-refractivity contribution in [2.75, 3.05) is 13.6 Å². The SMILES string of the molecule is CNC1(c2ccccc2)CCC2(CC1)CN(Cc1c[nH]nn1)C(O)N2. The highest BCUT2D eigenvalue weighted by atomic mass is 16.3. The highest BCUT2D eigenvalue weighted by molar-refractivity contribution is 5.26. The lowest BCUT2D eigenvalue weighted by Gasteiger charge is -2.45. The van der Waals surface area contributed by atoms with Gasteiger partial charge in [0.1, 0.15) is 0 Å². The van der Waals surface area contributed by atoms with Crippen LogP contribution in [0.4, 0.5) is 0 Å². The van der Waals surface area contributed by atoms with Crippen LogP contribution in [0.15, 0.2) is 36.5 Å². The number of aliphatic hydroxyl groups is 1. The molecule has 1 atom stereocenters. The van der Waals surface area contributed by atoms with Gasteiger partial charge in [-0.2, -0.15) is 0 Å². The lowest BCUT2D eigenvalue weighted by Crippen LogP contribution is -2.54. The summed E-state index contributed by atoms with van der Waals surface area (Å²) < 4.78 is 0. The van der Waals surface area contributed by atoms with E-state index in [2.05, 4.69) is 63.4 Å². The minimum absolute atomic E-state index is 0.0265. The molecule has 0 amide bonds. The first-order valence-corrected chi connectivity index (χ1v) is 8.94. The zero-order valence-corrected chi connectivity index (χ0v) is 14.6. The van der Waals surface area contributed by atoms with Gasteiger partial charge < -0.3 is 10.4 Å². The van der Waals surface area contributed by atoms with Crippen molar-refractivity contribution in [3.63, 3.8) is 0 Å². The van der Waals surface area contributed by atoms with E-state index in [-0.39, 0.29) is 11.1 Å². The second-order valence-corrected chi connectivity index (χ2v) is 7.37. The monoisotopic (exact) mass is 342 g/mol. The Bertz CT molecular complexity index is 681. The molecule has 134 valence electrons. The van der Waals surface area contributed by atoms with E-state index in [9.17, 15) is 5.11 Å². The molecule has 2 aromatic rings. The van der Waals surface area contributed by atoms with Gasteiger partial charge in [0.15, 0.2) is 6.35 Å². The first kappa shape index (κ1) is 16.7. The maximum atomic E-state index is 10.5. The second-order valence-electron chi connectivity index (χ2n) is 7.37. The molecule has 1 saturated carbocycles. The molecule has 4 N–H and O–H groups in total. The topological polar surface area (TPSA) is 89.1 Å². The number of hydrogen-bond acceptors (Lipinski definition) is 6. The maximum absolute atomic E-state index is 10.5. The summed E-state index contributed by atoms with van der Waals surface area (Å²) in [6.07, 6.45) is 5.29. The van der Waals surface area contributed by atoms with E-state index in [0.29, 0.717) is 6.54 Å². The summed E-state index contributed by atoms with van der Waals surface area (Å²) in [5.41, 5.74) is 2.20. The molecule has 2 fully saturated rings. The summed E-state index contributed by atoms with van der Waals surface area (Å²) in [4.78, 5) is 2.03. The van der Waals surface area contributed by atoms with Crippen molar-refractivity contribution in [2.24, 2.45) is 0 Å². The zero-order valence-electron chi connectivity index (χ0n) is 14.6. The number of benzene rings is 1. The normalized spacial score (nSPS) is 33.1. The van der Waals surface area contributed by atoms with Gasteiger partial charge >= 0.3 is 0 Å². The minimum atomic E-state index is -0.629. The Kier molecular flexibility index (Phi) is 4.33. The highest BCUT2D eigenvalue weighted by Gasteiger charge is 2.48. The molecular formula is C18H26N6O. The molecule has 0 bridgehead atoms. The lowest BCUT2D eigenvalue weighted by molar-refractivity contribution is 0.0137. The molecule has 1 spiro atoms. The first-order valence-electron chi connectivity index (χ1n) is 8.94. The third kappa shape index (κ3) is 3.08. The molecule has 2 aliphatic rings. The van der Waals surface area contributed by atoms with Gasteiger partial charge in [0.05, 0.1) is 5.69 Å². The fourth-order valence-corrected chi connectivity index (χ4v) is 4.44. The molecule has 7 nitrogen and oxygen atoms in total. The Morgan fingerprint density at radius 3 is 2.64 bits per heavy atom. The van der Waals surface area contributed by atoms with Crippen LogP contribution in [0.2, 0.25) is 0 Å². The number of nitrogens with zero attached hydrogens (tertiary/aromatic N) is 3. The average Bonchev–Trinajstić information content (AvgIpc) is 3.26. The number of H-pyrrole nitrogens is 1. The highest BCUT2D eigenvalue weighted by Crippen LogP contribution is 2.43. The number of nitrogens with one attached hydrogen (secondary N) is 3. The van der Waals surface area contributed by atoms with Crippen molar-refractivity contribution < 1.29 is 5.11 Å². The maximum Gasteiger partial charge on any atom is 0.163 e. The van der Waals surface area contributed by atoms with E-state index in [4.69, 9.17) is 0 Å². The van der Waals surface area contributed by atoms with Gasteiger partial charge in [-0.15, -0.1) is 5.10 Å². The van der Waals surface area contributed by atoms with Crippen molar-refractivity contribution in [3.05, 3.63) is 47.8 Å². The summed E-state index contributed by atoms with van der Waals surface area (Å²) in [6, 6.07) is 10.7. The van der Waals surface area contributed by atoms with Crippen molar-refractivity contribution >= 4 is 0 Å². The standard InChI is InChI=1S/C18H26N6O/c1-19-18(14-5-3-2-4-6-14)9-7-17(8-10-18)13-24(16(25)21-17)12-15-11-20-23-22-15/h2-6,11,16,19,21,25H,7-10,12-13H2,1H3,(H,20,22,23). The van der Waals surface area contributed by atoms with Gasteiger partial charge in [-0.3, -0.25) is 15.3 Å². The van der Waals surface area contributed by atoms with Gasteiger partial charge in [-0.1, -0.05) is 35.5 Å². The second kappa shape index (κ2) is 6.49. The average molecular weight is 342 g/mol. The van der Waals surface area contributed by atoms with Gasteiger partial charge in [0.2, 0.25) is 0 Å². The van der Waals surface area contributed by atoms with Crippen LogP contribution in [0, 0.1) is 0 Å². The molecular weight excluding hydrogens is 316 g/mol. The van der Waals surface area contributed by atoms with Crippen LogP contribution in [-0.2, 0) is 12.1 Å². The summed E-state index contributed by atoms with van der Waals surface area (Å²) in [5.74, 6) is 0.